The van der Waals surface area contributed by atoms with E-state index in [4.69, 9.17) is 8.42 Å². The zero-order valence-corrected chi connectivity index (χ0v) is 5.32. The van der Waals surface area contributed by atoms with Gasteiger partial charge in [-0.05, 0) is 19.3 Å². The predicted octanol–water partition coefficient (Wildman–Crippen LogP) is 1.06. The van der Waals surface area contributed by atoms with E-state index in [0.29, 0.717) is 0 Å². The van der Waals surface area contributed by atoms with Crippen LogP contribution in [0.2, 0.25) is 0 Å². The first kappa shape index (κ1) is 7.56. The van der Waals surface area contributed by atoms with E-state index in [1.54, 1.807) is 0 Å². The third-order valence-corrected chi connectivity index (χ3v) is 0.908. The van der Waals surface area contributed by atoms with Crippen LogP contribution in [0.5, 0.6) is 0 Å². The lowest BCUT2D eigenvalue weighted by molar-refractivity contribution is 0.630. The summed E-state index contributed by atoms with van der Waals surface area (Å²) < 4.78 is 16.6. The molecule has 46 valence electrons. The Bertz CT molecular complexity index is 97.0. The minimum absolute atomic E-state index is 0.750. The average Bonchev–Trinajstić information content (AvgIpc) is 2.17. The molecule has 0 bridgehead atoms. The summed E-state index contributed by atoms with van der Waals surface area (Å²) in [6, 6.07) is 0. The molecule has 1 rings (SSSR count). The highest BCUT2D eigenvalue weighted by Crippen LogP contribution is 2.05. The highest BCUT2D eigenvalue weighted by Gasteiger charge is 1.84. The molecule has 0 radical (unpaired) electrons. The molecule has 0 fully saturated rings. The van der Waals surface area contributed by atoms with Gasteiger partial charge in [-0.25, -0.2) is 0 Å². The highest BCUT2D eigenvalue weighted by atomic mass is 32.1. The lowest BCUT2D eigenvalue weighted by Gasteiger charge is -1.69. The summed E-state index contributed by atoms with van der Waals surface area (Å²) in [6.45, 7) is 0. The molecule has 0 aromatic heterocycles. The molecule has 0 atom stereocenters. The monoisotopic (exact) mass is 132 g/mol. The molecule has 0 saturated heterocycles. The molecular formula is C5H8O2S. The van der Waals surface area contributed by atoms with Gasteiger partial charge in [-0.15, -0.1) is 0 Å². The summed E-state index contributed by atoms with van der Waals surface area (Å²) in [5.74, 6) is 0. The molecule has 2 nitrogen and oxygen atoms in total. The van der Waals surface area contributed by atoms with Crippen LogP contribution in [0, 0.1) is 0 Å². The molecule has 8 heavy (non-hydrogen) atoms. The lowest BCUT2D eigenvalue weighted by atomic mass is 10.4. The molecular weight excluding hydrogens is 124 g/mol. The maximum absolute atomic E-state index is 8.29. The van der Waals surface area contributed by atoms with Crippen LogP contribution in [0.3, 0.4) is 0 Å². The predicted molar refractivity (Wildman–Crippen MR) is 31.9 cm³/mol. The number of rotatable bonds is 0. The van der Waals surface area contributed by atoms with Crippen molar-refractivity contribution in [3.8, 4) is 0 Å². The fraction of sp³-hybridized carbons (Fsp3) is 0.600. The van der Waals surface area contributed by atoms with Gasteiger partial charge in [0.25, 0.3) is 0 Å². The fourth-order valence-corrected chi connectivity index (χ4v) is 0.589. The Morgan fingerprint density at radius 1 is 1.12 bits per heavy atom. The molecule has 0 aliphatic heterocycles. The van der Waals surface area contributed by atoms with Gasteiger partial charge in [0.2, 0.25) is 0 Å². The molecule has 0 amide bonds. The van der Waals surface area contributed by atoms with Gasteiger partial charge >= 0.3 is 11.6 Å². The van der Waals surface area contributed by atoms with Gasteiger partial charge in [0.05, 0.1) is 0 Å². The zero-order chi connectivity index (χ0) is 6.24. The van der Waals surface area contributed by atoms with Crippen LogP contribution in [0.1, 0.15) is 19.3 Å². The van der Waals surface area contributed by atoms with Crippen LogP contribution in [0.4, 0.5) is 0 Å². The summed E-state index contributed by atoms with van der Waals surface area (Å²) in [4.78, 5) is 0. The van der Waals surface area contributed by atoms with Crippen molar-refractivity contribution in [1.82, 2.24) is 0 Å². The van der Waals surface area contributed by atoms with Crippen molar-refractivity contribution >= 4 is 11.6 Å². The Kier molecular flexibility index (Phi) is 6.20. The van der Waals surface area contributed by atoms with Gasteiger partial charge in [0.15, 0.2) is 0 Å². The second-order valence-corrected chi connectivity index (χ2v) is 1.61. The van der Waals surface area contributed by atoms with Crippen molar-refractivity contribution in [2.45, 2.75) is 19.3 Å². The zero-order valence-electron chi connectivity index (χ0n) is 4.50. The molecule has 1 aliphatic rings. The van der Waals surface area contributed by atoms with E-state index in [1.165, 1.54) is 19.3 Å². The molecule has 0 aromatic carbocycles. The summed E-state index contributed by atoms with van der Waals surface area (Å²) in [5.41, 5.74) is 0. The second-order valence-electron chi connectivity index (χ2n) is 1.47. The molecule has 0 heterocycles. The van der Waals surface area contributed by atoms with Crippen LogP contribution in [-0.4, -0.2) is 8.42 Å². The van der Waals surface area contributed by atoms with Crippen molar-refractivity contribution in [3.05, 3.63) is 12.2 Å². The Morgan fingerprint density at radius 3 is 1.62 bits per heavy atom. The topological polar surface area (TPSA) is 34.1 Å². The minimum atomic E-state index is -0.750. The first-order valence-electron chi connectivity index (χ1n) is 2.48. The maximum atomic E-state index is 8.29. The van der Waals surface area contributed by atoms with E-state index in [1.807, 2.05) is 0 Å². The quantitative estimate of drug-likeness (QED) is 0.462. The smallest absolute Gasteiger partial charge is 0.168 e. The summed E-state index contributed by atoms with van der Waals surface area (Å²) >= 11 is -0.750. The summed E-state index contributed by atoms with van der Waals surface area (Å²) in [5, 5.41) is 0. The molecule has 0 aromatic rings. The number of hydrogen-bond donors (Lipinski definition) is 0. The first-order valence-corrected chi connectivity index (χ1v) is 3.15. The van der Waals surface area contributed by atoms with E-state index in [0.717, 1.165) is 0 Å². The number of hydrogen-bond acceptors (Lipinski definition) is 2. The Morgan fingerprint density at radius 2 is 1.50 bits per heavy atom. The van der Waals surface area contributed by atoms with E-state index >= 15 is 0 Å². The van der Waals surface area contributed by atoms with Crippen molar-refractivity contribution in [3.63, 3.8) is 0 Å². The van der Waals surface area contributed by atoms with Gasteiger partial charge < -0.3 is 0 Å². The highest BCUT2D eigenvalue weighted by molar-refractivity contribution is 7.51. The SMILES string of the molecule is C1=CCCC1.O=S=O. The molecule has 3 heteroatoms. The standard InChI is InChI=1S/C5H8.O2S/c1-2-4-5-3-1;1-3-2/h1-2H,3-5H2;. The van der Waals surface area contributed by atoms with Gasteiger partial charge in [0.1, 0.15) is 0 Å². The third-order valence-electron chi connectivity index (χ3n) is 0.908. The normalized spacial score (nSPS) is 14.5. The minimum Gasteiger partial charge on any atom is -0.168 e. The van der Waals surface area contributed by atoms with E-state index < -0.39 is 11.6 Å². The van der Waals surface area contributed by atoms with Crippen LogP contribution < -0.4 is 0 Å². The van der Waals surface area contributed by atoms with Gasteiger partial charge in [0, 0.05) is 0 Å². The van der Waals surface area contributed by atoms with Crippen molar-refractivity contribution in [2.24, 2.45) is 0 Å². The Hall–Kier alpha value is -0.440. The van der Waals surface area contributed by atoms with Crippen molar-refractivity contribution in [2.75, 3.05) is 0 Å². The second kappa shape index (κ2) is 6.56. The number of allylic oxidation sites excluding steroid dienone is 2. The van der Waals surface area contributed by atoms with Gasteiger partial charge in [-0.3, -0.25) is 0 Å². The molecule has 0 spiro atoms. The van der Waals surface area contributed by atoms with Crippen LogP contribution in [0.25, 0.3) is 0 Å². The van der Waals surface area contributed by atoms with E-state index in [2.05, 4.69) is 12.2 Å². The van der Waals surface area contributed by atoms with Gasteiger partial charge in [-0.2, -0.15) is 8.42 Å². The molecule has 1 aliphatic carbocycles. The first-order chi connectivity index (χ1) is 3.91. The van der Waals surface area contributed by atoms with Crippen LogP contribution in [0.15, 0.2) is 12.2 Å². The van der Waals surface area contributed by atoms with Crippen LogP contribution in [-0.2, 0) is 11.6 Å². The van der Waals surface area contributed by atoms with E-state index in [9.17, 15) is 0 Å². The third kappa shape index (κ3) is 5.56. The Labute approximate surface area is 52.2 Å². The van der Waals surface area contributed by atoms with Gasteiger partial charge in [-0.1, -0.05) is 12.2 Å². The van der Waals surface area contributed by atoms with Crippen LogP contribution >= 0.6 is 0 Å². The maximum Gasteiger partial charge on any atom is 0.335 e. The largest absolute Gasteiger partial charge is 0.335 e. The summed E-state index contributed by atoms with van der Waals surface area (Å²) in [6.07, 6.45) is 8.50. The molecule has 0 saturated carbocycles. The average molecular weight is 132 g/mol. The molecule has 0 N–H and O–H groups in total. The Balaban J connectivity index is 0.000000145. The van der Waals surface area contributed by atoms with Crippen molar-refractivity contribution in [1.29, 1.82) is 0 Å². The summed E-state index contributed by atoms with van der Waals surface area (Å²) in [7, 11) is 0. The van der Waals surface area contributed by atoms with E-state index in [-0.39, 0.29) is 0 Å². The molecule has 0 unspecified atom stereocenters. The fourth-order valence-electron chi connectivity index (χ4n) is 0.589. The lowest BCUT2D eigenvalue weighted by Crippen LogP contribution is -1.50. The van der Waals surface area contributed by atoms with Crippen molar-refractivity contribution < 1.29 is 8.42 Å².